The second-order valence-corrected chi connectivity index (χ2v) is 2.22. The number of benzene rings is 1. The van der Waals surface area contributed by atoms with Gasteiger partial charge in [-0.3, -0.25) is 0 Å². The van der Waals surface area contributed by atoms with E-state index in [1.54, 1.807) is 0 Å². The first kappa shape index (κ1) is 3.36. The molecule has 0 aliphatic rings. The molecular formula is C10H13FO. The highest BCUT2D eigenvalue weighted by atomic mass is 19.1. The standard InChI is InChI=1S/C10H13FO/c1-7(2)9-5-4-8(12-3)6-10(9)11/h4-7H,1-3H3/i1+1D3,2+1D3,7D. The SMILES string of the molecule is [2H]C(c1ccc(OC)cc1F)([13C]([2H])([2H])[2H])[13C]([2H])([2H])[2H]. The van der Waals surface area contributed by atoms with Crippen molar-refractivity contribution < 1.29 is 18.7 Å². The van der Waals surface area contributed by atoms with E-state index in [1.807, 2.05) is 0 Å². The largest absolute Gasteiger partial charge is 0.497 e. The van der Waals surface area contributed by atoms with Crippen molar-refractivity contribution in [3.63, 3.8) is 0 Å². The van der Waals surface area contributed by atoms with Gasteiger partial charge >= 0.3 is 0 Å². The molecule has 0 N–H and O–H groups in total. The van der Waals surface area contributed by atoms with Crippen molar-refractivity contribution >= 4 is 0 Å². The molecule has 0 aromatic heterocycles. The third kappa shape index (κ3) is 1.76. The van der Waals surface area contributed by atoms with Gasteiger partial charge in [-0.15, -0.1) is 0 Å². The Morgan fingerprint density at radius 2 is 2.33 bits per heavy atom. The van der Waals surface area contributed by atoms with Crippen LogP contribution in [-0.2, 0) is 0 Å². The lowest BCUT2D eigenvalue weighted by Crippen LogP contribution is -1.93. The fraction of sp³-hybridized carbons (Fsp3) is 0.400. The number of ether oxygens (including phenoxy) is 1. The summed E-state index contributed by atoms with van der Waals surface area (Å²) in [5, 5.41) is 0. The molecule has 0 heterocycles. The van der Waals surface area contributed by atoms with Crippen molar-refractivity contribution in [1.29, 1.82) is 0 Å². The number of rotatable bonds is 2. The summed E-state index contributed by atoms with van der Waals surface area (Å²) in [6.45, 7) is -6.40. The van der Waals surface area contributed by atoms with Gasteiger partial charge in [0.25, 0.3) is 0 Å². The Bertz CT molecular complexity index is 452. The minimum Gasteiger partial charge on any atom is -0.497 e. The molecule has 1 nitrogen and oxygen atoms in total. The predicted molar refractivity (Wildman–Crippen MR) is 47.0 cm³/mol. The van der Waals surface area contributed by atoms with Gasteiger partial charge < -0.3 is 4.74 Å². The third-order valence-electron chi connectivity index (χ3n) is 1.45. The van der Waals surface area contributed by atoms with Crippen molar-refractivity contribution in [3.8, 4) is 5.75 Å². The Hall–Kier alpha value is -1.05. The maximum atomic E-state index is 13.9. The first-order valence-electron chi connectivity index (χ1n) is 6.79. The van der Waals surface area contributed by atoms with Gasteiger partial charge in [-0.05, 0) is 17.5 Å². The lowest BCUT2D eigenvalue weighted by atomic mass is 10.1. The molecule has 1 rings (SSSR count). The van der Waals surface area contributed by atoms with E-state index in [2.05, 4.69) is 0 Å². The summed E-state index contributed by atoms with van der Waals surface area (Å²) < 4.78 is 70.0. The highest BCUT2D eigenvalue weighted by molar-refractivity contribution is 5.30. The highest BCUT2D eigenvalue weighted by Gasteiger charge is 2.06. The fourth-order valence-electron chi connectivity index (χ4n) is 0.826. The monoisotopic (exact) mass is 177 g/mol. The molecular weight excluding hydrogens is 157 g/mol. The Balaban J connectivity index is 3.52. The van der Waals surface area contributed by atoms with E-state index in [0.717, 1.165) is 12.1 Å². The van der Waals surface area contributed by atoms with Crippen molar-refractivity contribution in [2.75, 3.05) is 7.11 Å². The Morgan fingerprint density at radius 3 is 2.83 bits per heavy atom. The predicted octanol–water partition coefficient (Wildman–Crippen LogP) is 2.96. The number of hydrogen-bond acceptors (Lipinski definition) is 1. The maximum absolute atomic E-state index is 13.9. The molecule has 0 saturated carbocycles. The number of hydrogen-bond donors (Lipinski definition) is 0. The van der Waals surface area contributed by atoms with Crippen LogP contribution < -0.4 is 4.74 Å². The first-order valence-corrected chi connectivity index (χ1v) is 3.29. The lowest BCUT2D eigenvalue weighted by Gasteiger charge is -2.07. The van der Waals surface area contributed by atoms with Crippen molar-refractivity contribution in [2.45, 2.75) is 19.6 Å². The van der Waals surface area contributed by atoms with Gasteiger partial charge in [-0.25, -0.2) is 4.39 Å². The molecule has 0 radical (unpaired) electrons. The van der Waals surface area contributed by atoms with Crippen LogP contribution in [0.1, 0.15) is 34.8 Å². The molecule has 0 bridgehead atoms. The van der Waals surface area contributed by atoms with Gasteiger partial charge in [0.1, 0.15) is 11.6 Å². The van der Waals surface area contributed by atoms with E-state index in [0.29, 0.717) is 0 Å². The zero-order valence-electron chi connectivity index (χ0n) is 13.5. The minimum atomic E-state index is -3.20. The van der Waals surface area contributed by atoms with E-state index in [-0.39, 0.29) is 5.75 Å². The Labute approximate surface area is 82.0 Å². The van der Waals surface area contributed by atoms with Crippen LogP contribution in [0.3, 0.4) is 0 Å². The molecule has 2 heteroatoms. The summed E-state index contributed by atoms with van der Waals surface area (Å²) in [6.07, 6.45) is 0. The van der Waals surface area contributed by atoms with E-state index in [1.165, 1.54) is 13.2 Å². The molecule has 0 aliphatic carbocycles. The van der Waals surface area contributed by atoms with Crippen LogP contribution in [0.5, 0.6) is 5.75 Å². The van der Waals surface area contributed by atoms with Crippen molar-refractivity contribution in [2.24, 2.45) is 0 Å². The number of methoxy groups -OCH3 is 1. The Kier molecular flexibility index (Phi) is 1.000. The van der Waals surface area contributed by atoms with Crippen molar-refractivity contribution in [3.05, 3.63) is 29.6 Å². The molecule has 0 aliphatic heterocycles. The summed E-state index contributed by atoms with van der Waals surface area (Å²) in [4.78, 5) is 0. The van der Waals surface area contributed by atoms with Crippen LogP contribution >= 0.6 is 0 Å². The Morgan fingerprint density at radius 1 is 1.58 bits per heavy atom. The zero-order valence-corrected chi connectivity index (χ0v) is 6.52. The van der Waals surface area contributed by atoms with Crippen molar-refractivity contribution in [1.82, 2.24) is 0 Å². The molecule has 66 valence electrons. The highest BCUT2D eigenvalue weighted by Crippen LogP contribution is 2.22. The zero-order chi connectivity index (χ0) is 15.1. The molecule has 1 aromatic carbocycles. The average Bonchev–Trinajstić information content (AvgIpc) is 2.24. The summed E-state index contributed by atoms with van der Waals surface area (Å²) >= 11 is 0. The fourth-order valence-corrected chi connectivity index (χ4v) is 0.826. The van der Waals surface area contributed by atoms with E-state index >= 15 is 0 Å². The molecule has 12 heavy (non-hydrogen) atoms. The molecule has 0 spiro atoms. The molecule has 0 atom stereocenters. The van der Waals surface area contributed by atoms with E-state index in [9.17, 15) is 4.39 Å². The van der Waals surface area contributed by atoms with E-state index < -0.39 is 31.0 Å². The van der Waals surface area contributed by atoms with Crippen LogP contribution in [-0.4, -0.2) is 7.11 Å². The topological polar surface area (TPSA) is 9.23 Å². The normalized spacial score (nSPS) is 22.0. The average molecular weight is 177 g/mol. The second kappa shape index (κ2) is 3.57. The van der Waals surface area contributed by atoms with Crippen LogP contribution in [0.15, 0.2) is 18.2 Å². The van der Waals surface area contributed by atoms with Gasteiger partial charge in [-0.2, -0.15) is 0 Å². The molecule has 1 aromatic rings. The van der Waals surface area contributed by atoms with Gasteiger partial charge in [0, 0.05) is 15.7 Å². The van der Waals surface area contributed by atoms with E-state index in [4.69, 9.17) is 14.3 Å². The second-order valence-electron chi connectivity index (χ2n) is 2.22. The quantitative estimate of drug-likeness (QED) is 0.631. The molecule has 0 saturated heterocycles. The van der Waals surface area contributed by atoms with Crippen LogP contribution in [0.2, 0.25) is 0 Å². The molecule has 0 fully saturated rings. The first-order chi connectivity index (χ1) is 8.45. The van der Waals surface area contributed by atoms with Gasteiger partial charge in [0.2, 0.25) is 0 Å². The van der Waals surface area contributed by atoms with Crippen LogP contribution in [0.4, 0.5) is 4.39 Å². The van der Waals surface area contributed by atoms with Gasteiger partial charge in [0.15, 0.2) is 0 Å². The lowest BCUT2D eigenvalue weighted by molar-refractivity contribution is 0.410. The maximum Gasteiger partial charge on any atom is 0.130 e. The van der Waals surface area contributed by atoms with Gasteiger partial charge in [0.05, 0.1) is 7.11 Å². The summed E-state index contributed by atoms with van der Waals surface area (Å²) in [7, 11) is 1.29. The van der Waals surface area contributed by atoms with Crippen LogP contribution in [0.25, 0.3) is 0 Å². The minimum absolute atomic E-state index is 0.111. The summed E-state index contributed by atoms with van der Waals surface area (Å²) in [5.41, 5.74) is -0.701. The van der Waals surface area contributed by atoms with Crippen LogP contribution in [0, 0.1) is 5.82 Å². The molecule has 0 amide bonds. The third-order valence-corrected chi connectivity index (χ3v) is 1.45. The molecule has 0 unspecified atom stereocenters. The summed E-state index contributed by atoms with van der Waals surface area (Å²) in [6, 6.07) is 3.04. The van der Waals surface area contributed by atoms with Gasteiger partial charge in [-0.1, -0.05) is 19.8 Å². The smallest absolute Gasteiger partial charge is 0.130 e. The number of halogens is 1. The summed E-state index contributed by atoms with van der Waals surface area (Å²) in [5.74, 6) is -4.02.